The Morgan fingerprint density at radius 3 is 2.60 bits per heavy atom. The van der Waals surface area contributed by atoms with Crippen LogP contribution in [0.4, 0.5) is 5.69 Å². The summed E-state index contributed by atoms with van der Waals surface area (Å²) in [5, 5.41) is 8.55. The summed E-state index contributed by atoms with van der Waals surface area (Å²) in [6.07, 6.45) is 6.45. The van der Waals surface area contributed by atoms with Gasteiger partial charge in [0.05, 0.1) is 18.3 Å². The summed E-state index contributed by atoms with van der Waals surface area (Å²) in [7, 11) is 0. The molecule has 1 heterocycles. The van der Waals surface area contributed by atoms with E-state index in [1.165, 1.54) is 0 Å². The van der Waals surface area contributed by atoms with Gasteiger partial charge in [-0.25, -0.2) is 0 Å². The highest BCUT2D eigenvalue weighted by Gasteiger charge is 2.22. The fraction of sp³-hybridized carbons (Fsp3) is 0.375. The molecule has 6 nitrogen and oxygen atoms in total. The van der Waals surface area contributed by atoms with E-state index >= 15 is 0 Å². The summed E-state index contributed by atoms with van der Waals surface area (Å²) < 4.78 is 1.85. The molecule has 2 aromatic carbocycles. The monoisotopic (exact) mass is 404 g/mol. The van der Waals surface area contributed by atoms with Crippen molar-refractivity contribution in [3.05, 3.63) is 60.3 Å². The van der Waals surface area contributed by atoms with Gasteiger partial charge in [-0.2, -0.15) is 5.10 Å². The first-order chi connectivity index (χ1) is 14.6. The quantitative estimate of drug-likeness (QED) is 0.651. The standard InChI is InChI=1S/C24H28N4O2/c1-18-10-12-21(13-11-18)27(17-23(29)26-20-7-3-4-8-20)24(30)14-15-28-22-9-5-2-6-19(22)16-25-28/h2,5-6,9-13,16,20H,3-4,7-8,14-15,17H2,1H3,(H,26,29). The van der Waals surface area contributed by atoms with E-state index in [1.807, 2.05) is 66.3 Å². The lowest BCUT2D eigenvalue weighted by molar-refractivity contribution is -0.124. The first-order valence-electron chi connectivity index (χ1n) is 10.7. The predicted octanol–water partition coefficient (Wildman–Crippen LogP) is 3.83. The maximum atomic E-state index is 13.1. The van der Waals surface area contributed by atoms with Crippen molar-refractivity contribution in [2.75, 3.05) is 11.4 Å². The van der Waals surface area contributed by atoms with Crippen molar-refractivity contribution in [3.8, 4) is 0 Å². The van der Waals surface area contributed by atoms with Crippen LogP contribution >= 0.6 is 0 Å². The maximum Gasteiger partial charge on any atom is 0.240 e. The van der Waals surface area contributed by atoms with E-state index in [0.717, 1.165) is 47.8 Å². The van der Waals surface area contributed by atoms with Gasteiger partial charge in [0.1, 0.15) is 6.54 Å². The summed E-state index contributed by atoms with van der Waals surface area (Å²) in [5.41, 5.74) is 2.87. The molecule has 0 saturated heterocycles. The lowest BCUT2D eigenvalue weighted by atomic mass is 10.2. The number of rotatable bonds is 7. The number of anilines is 1. The molecular formula is C24H28N4O2. The molecule has 0 spiro atoms. The zero-order chi connectivity index (χ0) is 20.9. The van der Waals surface area contributed by atoms with Crippen molar-refractivity contribution < 1.29 is 9.59 Å². The number of hydrogen-bond acceptors (Lipinski definition) is 3. The van der Waals surface area contributed by atoms with Crippen molar-refractivity contribution in [2.24, 2.45) is 0 Å². The minimum atomic E-state index is -0.0969. The molecule has 0 bridgehead atoms. The van der Waals surface area contributed by atoms with E-state index in [1.54, 1.807) is 4.90 Å². The van der Waals surface area contributed by atoms with Crippen molar-refractivity contribution >= 4 is 28.4 Å². The summed E-state index contributed by atoms with van der Waals surface area (Å²) in [5.74, 6) is -0.180. The van der Waals surface area contributed by atoms with Gasteiger partial charge < -0.3 is 10.2 Å². The number of hydrogen-bond donors (Lipinski definition) is 1. The molecule has 3 aromatic rings. The average molecular weight is 405 g/mol. The van der Waals surface area contributed by atoms with Crippen LogP contribution in [-0.2, 0) is 16.1 Å². The molecule has 0 atom stereocenters. The number of para-hydroxylation sites is 1. The summed E-state index contributed by atoms with van der Waals surface area (Å²) in [4.78, 5) is 27.4. The predicted molar refractivity (Wildman–Crippen MR) is 118 cm³/mol. The number of aryl methyl sites for hydroxylation is 2. The lowest BCUT2D eigenvalue weighted by Crippen LogP contribution is -2.44. The number of benzene rings is 2. The molecular weight excluding hydrogens is 376 g/mol. The van der Waals surface area contributed by atoms with E-state index in [0.29, 0.717) is 6.54 Å². The zero-order valence-corrected chi connectivity index (χ0v) is 17.4. The van der Waals surface area contributed by atoms with Gasteiger partial charge in [-0.3, -0.25) is 14.3 Å². The largest absolute Gasteiger partial charge is 0.352 e. The minimum Gasteiger partial charge on any atom is -0.352 e. The van der Waals surface area contributed by atoms with E-state index in [9.17, 15) is 9.59 Å². The van der Waals surface area contributed by atoms with Gasteiger partial charge in [-0.05, 0) is 38.0 Å². The van der Waals surface area contributed by atoms with Crippen molar-refractivity contribution in [1.29, 1.82) is 0 Å². The van der Waals surface area contributed by atoms with Gasteiger partial charge in [0.2, 0.25) is 11.8 Å². The third-order valence-electron chi connectivity index (χ3n) is 5.76. The minimum absolute atomic E-state index is 0.0399. The van der Waals surface area contributed by atoms with Crippen LogP contribution in [0.2, 0.25) is 0 Å². The van der Waals surface area contributed by atoms with Crippen LogP contribution in [0.3, 0.4) is 0 Å². The SMILES string of the molecule is Cc1ccc(N(CC(=O)NC2CCCC2)C(=O)CCn2ncc3ccccc32)cc1. The number of aromatic nitrogens is 2. The Bertz CT molecular complexity index is 1020. The Morgan fingerprint density at radius 2 is 1.83 bits per heavy atom. The van der Waals surface area contributed by atoms with Crippen LogP contribution in [0, 0.1) is 6.92 Å². The van der Waals surface area contributed by atoms with Gasteiger partial charge >= 0.3 is 0 Å². The van der Waals surface area contributed by atoms with Gasteiger partial charge in [-0.1, -0.05) is 48.7 Å². The fourth-order valence-corrected chi connectivity index (χ4v) is 4.08. The van der Waals surface area contributed by atoms with Crippen LogP contribution in [0.1, 0.15) is 37.7 Å². The lowest BCUT2D eigenvalue weighted by Gasteiger charge is -2.24. The number of amides is 2. The van der Waals surface area contributed by atoms with Crippen molar-refractivity contribution in [2.45, 2.75) is 51.6 Å². The molecule has 4 rings (SSSR count). The second-order valence-corrected chi connectivity index (χ2v) is 8.04. The third kappa shape index (κ3) is 4.70. The van der Waals surface area contributed by atoms with Crippen LogP contribution in [0.5, 0.6) is 0 Å². The summed E-state index contributed by atoms with van der Waals surface area (Å²) in [6.45, 7) is 2.52. The zero-order valence-electron chi connectivity index (χ0n) is 17.4. The highest BCUT2D eigenvalue weighted by Crippen LogP contribution is 2.20. The van der Waals surface area contributed by atoms with E-state index in [2.05, 4.69) is 10.4 Å². The molecule has 6 heteroatoms. The Hall–Kier alpha value is -3.15. The van der Waals surface area contributed by atoms with E-state index in [4.69, 9.17) is 0 Å². The smallest absolute Gasteiger partial charge is 0.240 e. The first-order valence-corrected chi connectivity index (χ1v) is 10.7. The number of carbonyl (C=O) groups is 2. The third-order valence-corrected chi connectivity index (χ3v) is 5.76. The maximum absolute atomic E-state index is 13.1. The Kier molecular flexibility index (Phi) is 6.12. The van der Waals surface area contributed by atoms with Gasteiger partial charge in [0, 0.05) is 23.5 Å². The average Bonchev–Trinajstić information content (AvgIpc) is 3.41. The molecule has 1 aliphatic rings. The van der Waals surface area contributed by atoms with Crippen molar-refractivity contribution in [1.82, 2.24) is 15.1 Å². The normalized spacial score (nSPS) is 14.2. The highest BCUT2D eigenvalue weighted by atomic mass is 16.2. The number of fused-ring (bicyclic) bond motifs is 1. The van der Waals surface area contributed by atoms with Crippen LogP contribution < -0.4 is 10.2 Å². The second-order valence-electron chi connectivity index (χ2n) is 8.04. The highest BCUT2D eigenvalue weighted by molar-refractivity contribution is 5.98. The molecule has 0 aliphatic heterocycles. The number of nitrogens with one attached hydrogen (secondary N) is 1. The topological polar surface area (TPSA) is 67.2 Å². The molecule has 0 radical (unpaired) electrons. The molecule has 2 amide bonds. The van der Waals surface area contributed by atoms with Crippen LogP contribution in [-0.4, -0.2) is 34.2 Å². The van der Waals surface area contributed by atoms with Crippen molar-refractivity contribution in [3.63, 3.8) is 0 Å². The number of carbonyl (C=O) groups excluding carboxylic acids is 2. The molecule has 1 aliphatic carbocycles. The van der Waals surface area contributed by atoms with Crippen LogP contribution in [0.25, 0.3) is 10.9 Å². The Morgan fingerprint density at radius 1 is 1.10 bits per heavy atom. The van der Waals surface area contributed by atoms with Gasteiger partial charge in [0.25, 0.3) is 0 Å². The molecule has 1 saturated carbocycles. The summed E-state index contributed by atoms with van der Waals surface area (Å²) in [6, 6.07) is 15.9. The number of nitrogens with zero attached hydrogens (tertiary/aromatic N) is 3. The van der Waals surface area contributed by atoms with Crippen LogP contribution in [0.15, 0.2) is 54.7 Å². The van der Waals surface area contributed by atoms with E-state index in [-0.39, 0.29) is 30.8 Å². The Balaban J connectivity index is 1.46. The fourth-order valence-electron chi connectivity index (χ4n) is 4.08. The molecule has 1 N–H and O–H groups in total. The van der Waals surface area contributed by atoms with Gasteiger partial charge in [-0.15, -0.1) is 0 Å². The molecule has 156 valence electrons. The summed E-state index contributed by atoms with van der Waals surface area (Å²) >= 11 is 0. The molecule has 0 unspecified atom stereocenters. The molecule has 30 heavy (non-hydrogen) atoms. The molecule has 1 fully saturated rings. The second kappa shape index (κ2) is 9.11. The Labute approximate surface area is 176 Å². The molecule has 1 aromatic heterocycles. The van der Waals surface area contributed by atoms with E-state index < -0.39 is 0 Å². The van der Waals surface area contributed by atoms with Gasteiger partial charge in [0.15, 0.2) is 0 Å². The first kappa shape index (κ1) is 20.1.